The molecule has 0 saturated carbocycles. The highest BCUT2D eigenvalue weighted by Gasteiger charge is 2.52. The number of benzene rings is 1. The summed E-state index contributed by atoms with van der Waals surface area (Å²) in [5, 5.41) is 0.576. The molecule has 5 atom stereocenters. The Bertz CT molecular complexity index is 825. The van der Waals surface area contributed by atoms with E-state index in [0.717, 1.165) is 5.56 Å². The molecule has 1 unspecified atom stereocenters. The van der Waals surface area contributed by atoms with Gasteiger partial charge in [-0.2, -0.15) is 0 Å². The topological polar surface area (TPSA) is 114 Å². The molecule has 170 valence electrons. The number of hydrogen-bond donors (Lipinski definition) is 0. The predicted molar refractivity (Wildman–Crippen MR) is 110 cm³/mol. The van der Waals surface area contributed by atoms with Gasteiger partial charge >= 0.3 is 23.9 Å². The summed E-state index contributed by atoms with van der Waals surface area (Å²) in [4.78, 5) is 46.8. The monoisotopic (exact) mass is 500 g/mol. The molecule has 10 heteroatoms. The molecule has 0 aliphatic carbocycles. The zero-order valence-corrected chi connectivity index (χ0v) is 19.2. The van der Waals surface area contributed by atoms with Gasteiger partial charge in [0, 0.05) is 33.0 Å². The van der Waals surface area contributed by atoms with Crippen LogP contribution in [-0.2, 0) is 48.2 Å². The summed E-state index contributed by atoms with van der Waals surface area (Å²) in [6, 6.07) is 7.31. The molecule has 9 nitrogen and oxygen atoms in total. The summed E-state index contributed by atoms with van der Waals surface area (Å²) < 4.78 is 27.5. The third-order valence-corrected chi connectivity index (χ3v) is 5.07. The average molecular weight is 501 g/mol. The van der Waals surface area contributed by atoms with Crippen molar-refractivity contribution in [1.29, 1.82) is 0 Å². The lowest BCUT2D eigenvalue weighted by Gasteiger charge is -2.44. The maximum atomic E-state index is 11.9. The van der Waals surface area contributed by atoms with E-state index >= 15 is 0 Å². The Morgan fingerprint density at radius 1 is 0.871 bits per heavy atom. The molecule has 31 heavy (non-hydrogen) atoms. The van der Waals surface area contributed by atoms with Gasteiger partial charge in [-0.3, -0.25) is 19.2 Å². The average Bonchev–Trinajstić information content (AvgIpc) is 2.68. The largest absolute Gasteiger partial charge is 0.463 e. The van der Waals surface area contributed by atoms with E-state index < -0.39 is 54.4 Å². The minimum absolute atomic E-state index is 0.257. The van der Waals surface area contributed by atoms with E-state index in [-0.39, 0.29) is 6.61 Å². The Labute approximate surface area is 188 Å². The van der Waals surface area contributed by atoms with Crippen LogP contribution >= 0.6 is 15.9 Å². The molecule has 1 fully saturated rings. The molecule has 1 aromatic carbocycles. The lowest BCUT2D eigenvalue weighted by molar-refractivity contribution is -0.254. The molecule has 1 aromatic rings. The first-order chi connectivity index (χ1) is 14.6. The van der Waals surface area contributed by atoms with Crippen molar-refractivity contribution >= 4 is 39.8 Å². The molecule has 0 N–H and O–H groups in total. The van der Waals surface area contributed by atoms with Gasteiger partial charge < -0.3 is 23.7 Å². The minimum atomic E-state index is -1.18. The summed E-state index contributed by atoms with van der Waals surface area (Å²) >= 11 is 3.39. The van der Waals surface area contributed by atoms with E-state index in [1.807, 2.05) is 12.1 Å². The number of carbonyl (C=O) groups is 4. The number of ether oxygens (including phenoxy) is 5. The molecule has 1 heterocycles. The van der Waals surface area contributed by atoms with Crippen LogP contribution in [0.3, 0.4) is 0 Å². The van der Waals surface area contributed by atoms with Crippen LogP contribution < -0.4 is 0 Å². The number of rotatable bonds is 7. The summed E-state index contributed by atoms with van der Waals surface area (Å²) in [6.07, 6.45) is -5.30. The van der Waals surface area contributed by atoms with Crippen molar-refractivity contribution < 1.29 is 42.9 Å². The zero-order chi connectivity index (χ0) is 23.1. The summed E-state index contributed by atoms with van der Waals surface area (Å²) in [6.45, 7) is 4.55. The number of esters is 4. The molecular formula is C21H25BrO9. The second kappa shape index (κ2) is 11.2. The number of alkyl halides is 1. The van der Waals surface area contributed by atoms with Gasteiger partial charge in [0.2, 0.25) is 0 Å². The highest BCUT2D eigenvalue weighted by atomic mass is 79.9. The molecule has 0 bridgehead atoms. The van der Waals surface area contributed by atoms with Crippen molar-refractivity contribution in [2.75, 3.05) is 6.61 Å². The van der Waals surface area contributed by atoms with Gasteiger partial charge in [0.05, 0.1) is 0 Å². The molecular weight excluding hydrogens is 476 g/mol. The van der Waals surface area contributed by atoms with Crippen molar-refractivity contribution in [3.8, 4) is 0 Å². The fourth-order valence-electron chi connectivity index (χ4n) is 3.35. The third-order valence-electron chi connectivity index (χ3n) is 4.42. The van der Waals surface area contributed by atoms with E-state index in [0.29, 0.717) is 10.9 Å². The highest BCUT2D eigenvalue weighted by Crippen LogP contribution is 2.38. The molecule has 1 aliphatic heterocycles. The summed E-state index contributed by atoms with van der Waals surface area (Å²) in [5.41, 5.74) is 1.58. The Kier molecular flexibility index (Phi) is 9.00. The van der Waals surface area contributed by atoms with Crippen LogP contribution in [0.4, 0.5) is 0 Å². The first-order valence-corrected chi connectivity index (χ1v) is 10.7. The van der Waals surface area contributed by atoms with E-state index in [1.54, 1.807) is 12.1 Å². The van der Waals surface area contributed by atoms with E-state index in [2.05, 4.69) is 15.9 Å². The van der Waals surface area contributed by atoms with Crippen LogP contribution in [0.5, 0.6) is 0 Å². The fraction of sp³-hybridized carbons (Fsp3) is 0.524. The van der Waals surface area contributed by atoms with Crippen molar-refractivity contribution in [3.63, 3.8) is 0 Å². The normalized spacial score (nSPS) is 25.3. The molecule has 1 saturated heterocycles. The van der Waals surface area contributed by atoms with Gasteiger partial charge in [-0.15, -0.1) is 0 Å². The van der Waals surface area contributed by atoms with Crippen molar-refractivity contribution in [1.82, 2.24) is 0 Å². The van der Waals surface area contributed by atoms with Crippen LogP contribution in [0.1, 0.15) is 44.9 Å². The molecule has 0 spiro atoms. The predicted octanol–water partition coefficient (Wildman–Crippen LogP) is 2.38. The Morgan fingerprint density at radius 3 is 2.00 bits per heavy atom. The maximum absolute atomic E-state index is 11.9. The summed E-state index contributed by atoms with van der Waals surface area (Å²) in [5.74, 6) is -2.53. The van der Waals surface area contributed by atoms with E-state index in [4.69, 9.17) is 23.7 Å². The van der Waals surface area contributed by atoms with Crippen LogP contribution in [0.15, 0.2) is 24.3 Å². The van der Waals surface area contributed by atoms with Gasteiger partial charge in [-0.1, -0.05) is 40.2 Å². The Morgan fingerprint density at radius 2 is 1.45 bits per heavy atom. The lowest BCUT2D eigenvalue weighted by Crippen LogP contribution is -2.59. The van der Waals surface area contributed by atoms with Crippen molar-refractivity contribution in [2.45, 2.75) is 63.5 Å². The molecule has 0 radical (unpaired) electrons. The van der Waals surface area contributed by atoms with Gasteiger partial charge in [-0.05, 0) is 11.1 Å². The van der Waals surface area contributed by atoms with Gasteiger partial charge in [0.1, 0.15) is 18.8 Å². The zero-order valence-electron chi connectivity index (χ0n) is 17.7. The molecule has 1 aliphatic rings. The van der Waals surface area contributed by atoms with Crippen LogP contribution in [0, 0.1) is 0 Å². The summed E-state index contributed by atoms with van der Waals surface area (Å²) in [7, 11) is 0. The quantitative estimate of drug-likeness (QED) is 0.316. The fourth-order valence-corrected chi connectivity index (χ4v) is 3.70. The first kappa shape index (κ1) is 24.8. The second-order valence-corrected chi connectivity index (χ2v) is 7.56. The van der Waals surface area contributed by atoms with Gasteiger partial charge in [-0.25, -0.2) is 0 Å². The van der Waals surface area contributed by atoms with E-state index in [1.165, 1.54) is 27.7 Å². The SMILES string of the molecule is CC(=O)OCC1O[C@@H](c2cccc(CBr)c2)[C@H](OC(C)=O)[C@@H](OC(C)=O)[C@@H]1OC(C)=O. The highest BCUT2D eigenvalue weighted by molar-refractivity contribution is 9.08. The Balaban J connectivity index is 2.54. The molecule has 2 rings (SSSR count). The first-order valence-electron chi connectivity index (χ1n) is 9.57. The maximum Gasteiger partial charge on any atom is 0.303 e. The van der Waals surface area contributed by atoms with Gasteiger partial charge in [0.25, 0.3) is 0 Å². The third kappa shape index (κ3) is 7.03. The van der Waals surface area contributed by atoms with Crippen molar-refractivity contribution in [2.24, 2.45) is 0 Å². The van der Waals surface area contributed by atoms with E-state index in [9.17, 15) is 19.2 Å². The minimum Gasteiger partial charge on any atom is -0.463 e. The van der Waals surface area contributed by atoms with Crippen molar-refractivity contribution in [3.05, 3.63) is 35.4 Å². The van der Waals surface area contributed by atoms with Crippen LogP contribution in [-0.4, -0.2) is 54.9 Å². The standard InChI is InChI=1S/C21H25BrO9/c1-11(23)27-10-17-19(28-12(2)24)21(30-14(4)26)20(29-13(3)25)18(31-17)16-7-5-6-15(8-16)9-22/h5-8,17-21H,9-10H2,1-4H3/t17?,18-,19+,20-,21-/m0/s1. The molecule has 0 aromatic heterocycles. The second-order valence-electron chi connectivity index (χ2n) is 7.00. The van der Waals surface area contributed by atoms with Crippen LogP contribution in [0.2, 0.25) is 0 Å². The smallest absolute Gasteiger partial charge is 0.303 e. The van der Waals surface area contributed by atoms with Crippen LogP contribution in [0.25, 0.3) is 0 Å². The van der Waals surface area contributed by atoms with Gasteiger partial charge in [0.15, 0.2) is 18.3 Å². The number of hydrogen-bond acceptors (Lipinski definition) is 9. The molecule has 0 amide bonds. The number of carbonyl (C=O) groups excluding carboxylic acids is 4. The lowest BCUT2D eigenvalue weighted by atomic mass is 9.90. The number of halogens is 1. The Hall–Kier alpha value is -2.46.